The standard InChI is InChI=1S/C27H23N5O.C27H34N2O5S.C23H30N4O6S.C18H15N5O/c1-18-15-25(32(30-18)23-7-4-6-21(17-23)27(28)29)26(33)16-19-9-11-22(12-10-19)31-14-13-20-5-2-3-8-24(20)31;1-19-4-5-22-13-24(7-6-21(22)12-19)35(32,33)15-23-14-27(18-34-3)16-26(17-29(27)25(23)31)8-10-28(11-9-26)20(2)30;1-16-4-5-19-18(10-16)11-20(24-19)34(30,31)26-12-21(29)27-13-22(33-23(27,14-26)15-32-3)6-8-25(9-7-22)17(2)28;19-17(20)11-6-7-13-14(8-11)23-18(22-13)15-16(24)12(9-21-15)10-4-2-1-3-5-10/h2-15,17H,16H2,1H3,(H3,28,29);4-7,12-13,23H,8-11,14-18H2,1-3H3;4-5,10-11,24H,6-9,12-15H2,1-3H3;1-8,24H,9H2,(H3,19,20)(H,22,23)/t;23-,27+;;/m.1../s1. The predicted octanol–water partition coefficient (Wildman–Crippen LogP) is 11.7. The number of carbonyl (C=O) groups is 5. The molecule has 0 radical (unpaired) electrons. The number of hydrogen-bond acceptors (Lipinski definition) is 18. The molecule has 11 heterocycles. The van der Waals surface area contributed by atoms with Crippen LogP contribution in [-0.4, -0.2) is 231 Å². The summed E-state index contributed by atoms with van der Waals surface area (Å²) in [6.45, 7) is 13.0. The van der Waals surface area contributed by atoms with Crippen LogP contribution in [0.4, 0.5) is 0 Å². The van der Waals surface area contributed by atoms with Gasteiger partial charge in [-0.3, -0.25) is 39.8 Å². The van der Waals surface area contributed by atoms with Crippen LogP contribution in [0.5, 0.6) is 0 Å². The average Bonchev–Trinajstić information content (AvgIpc) is 1.56. The first-order chi connectivity index (χ1) is 60.3. The van der Waals surface area contributed by atoms with Crippen molar-refractivity contribution in [2.24, 2.45) is 27.8 Å². The van der Waals surface area contributed by atoms with Gasteiger partial charge in [0.1, 0.15) is 33.9 Å². The summed E-state index contributed by atoms with van der Waals surface area (Å²) >= 11 is 0. The number of likely N-dealkylation sites (tertiary alicyclic amines) is 2. The van der Waals surface area contributed by atoms with Gasteiger partial charge in [0.2, 0.25) is 23.6 Å². The predicted molar refractivity (Wildman–Crippen MR) is 482 cm³/mol. The zero-order valence-corrected chi connectivity index (χ0v) is 73.0. The van der Waals surface area contributed by atoms with Gasteiger partial charge < -0.3 is 64.9 Å². The number of aliphatic hydroxyl groups is 1. The molecule has 3 atom stereocenters. The smallest absolute Gasteiger partial charge is 0.259 e. The Bertz CT molecular complexity index is 6620. The fourth-order valence-corrected chi connectivity index (χ4v) is 22.1. The number of para-hydroxylation sites is 1. The summed E-state index contributed by atoms with van der Waals surface area (Å²) in [6.07, 6.45) is 6.50. The number of amides is 4. The molecule has 19 rings (SSSR count). The number of nitrogen functional groups attached to an aromatic ring is 2. The minimum absolute atomic E-state index is 0.000337. The van der Waals surface area contributed by atoms with Crippen LogP contribution < -0.4 is 11.5 Å². The van der Waals surface area contributed by atoms with E-state index in [2.05, 4.69) is 54.0 Å². The van der Waals surface area contributed by atoms with Crippen LogP contribution in [-0.2, 0) is 59.7 Å². The summed E-state index contributed by atoms with van der Waals surface area (Å²) < 4.78 is 76.5. The molecule has 0 bridgehead atoms. The highest BCUT2D eigenvalue weighted by Gasteiger charge is 2.63. The molecule has 4 amide bonds. The number of aromatic nitrogens is 6. The minimum atomic E-state index is -3.99. The Morgan fingerprint density at radius 2 is 1.31 bits per heavy atom. The third-order valence-electron chi connectivity index (χ3n) is 25.4. The van der Waals surface area contributed by atoms with Crippen molar-refractivity contribution < 1.29 is 60.1 Å². The number of aliphatic hydroxyl groups excluding tert-OH is 1. The zero-order valence-electron chi connectivity index (χ0n) is 71.4. The van der Waals surface area contributed by atoms with Crippen molar-refractivity contribution in [2.45, 2.75) is 106 Å². The van der Waals surface area contributed by atoms with Gasteiger partial charge >= 0.3 is 0 Å². The van der Waals surface area contributed by atoms with Crippen LogP contribution in [0.1, 0.15) is 108 Å². The van der Waals surface area contributed by atoms with Gasteiger partial charge in [-0.25, -0.2) is 26.5 Å². The van der Waals surface area contributed by atoms with Crippen LogP contribution in [0.3, 0.4) is 0 Å². The average molecular weight is 1740 g/mol. The number of sulfone groups is 1. The van der Waals surface area contributed by atoms with E-state index in [-0.39, 0.29) is 94.0 Å². The molecule has 126 heavy (non-hydrogen) atoms. The monoisotopic (exact) mass is 1740 g/mol. The Labute approximate surface area is 730 Å². The summed E-state index contributed by atoms with van der Waals surface area (Å²) in [6, 6.07) is 60.8. The lowest BCUT2D eigenvalue weighted by Gasteiger charge is -2.44. The van der Waals surface area contributed by atoms with Crippen LogP contribution in [0.2, 0.25) is 0 Å². The van der Waals surface area contributed by atoms with E-state index in [4.69, 9.17) is 36.5 Å². The Kier molecular flexibility index (Phi) is 23.8. The number of nitrogens with zero attached hydrogens (tertiary/aromatic N) is 10. The SMILES string of the molecule is COCC12CN(S(=O)(=O)c3cc4cc(C)ccc4[nH]3)CC(=O)N1CC1(CCN(C(C)=O)CC1)O2.COC[C@@]12C[C@H](CS(=O)(=O)c3ccc4cc(C)ccc4c3)C(=O)N1CC1(CCN(C(C)=O)CC1)C2.Cc1cc(C(=O)Cc2ccc(-n3ccc4ccccc43)cc2)n(-c2cccc(C(=N)N)c2)n1.N=C(N)c1ccc2nc(C3=NCC(c4ccccc4)=C3O)[nH]c2c1. The Balaban J connectivity index is 0.000000125. The van der Waals surface area contributed by atoms with E-state index in [1.165, 1.54) is 16.8 Å². The summed E-state index contributed by atoms with van der Waals surface area (Å²) in [5, 5.41) is 34.2. The number of allylic oxidation sites excluding steroid dienone is 1. The van der Waals surface area contributed by atoms with Gasteiger partial charge in [0, 0.05) is 107 Å². The second kappa shape index (κ2) is 34.6. The summed E-state index contributed by atoms with van der Waals surface area (Å²) in [7, 11) is -4.47. The second-order valence-electron chi connectivity index (χ2n) is 34.3. The number of piperazine rings is 1. The quantitative estimate of drug-likeness (QED) is 0.0238. The summed E-state index contributed by atoms with van der Waals surface area (Å²) in [5.41, 5.74) is 21.7. The number of Topliss-reactive ketones (excluding diaryl/α,β-unsaturated/α-hetero) is 1. The molecule has 0 saturated carbocycles. The number of rotatable bonds is 18. The Hall–Kier alpha value is -12.8. The third-order valence-corrected chi connectivity index (χ3v) is 29.0. The summed E-state index contributed by atoms with van der Waals surface area (Å²) in [5.74, 6) is -0.435. The highest BCUT2D eigenvalue weighted by molar-refractivity contribution is 7.91. The number of carbonyl (C=O) groups excluding carboxylic acids is 5. The molecule has 7 aliphatic heterocycles. The van der Waals surface area contributed by atoms with E-state index in [1.54, 1.807) is 96.1 Å². The number of ketones is 1. The van der Waals surface area contributed by atoms with E-state index in [0.29, 0.717) is 111 Å². The van der Waals surface area contributed by atoms with Crippen molar-refractivity contribution >= 4 is 116 Å². The molecular weight excluding hydrogens is 1640 g/mol. The lowest BCUT2D eigenvalue weighted by molar-refractivity contribution is -0.197. The minimum Gasteiger partial charge on any atom is -0.505 e. The number of methoxy groups -OCH3 is 2. The molecule has 31 heteroatoms. The number of aromatic amines is 2. The van der Waals surface area contributed by atoms with E-state index >= 15 is 0 Å². The van der Waals surface area contributed by atoms with Crippen molar-refractivity contribution in [1.29, 1.82) is 10.8 Å². The number of aryl methyl sites for hydroxylation is 3. The first kappa shape index (κ1) is 86.7. The normalized spacial score (nSPS) is 19.7. The number of piperidine rings is 2. The van der Waals surface area contributed by atoms with Crippen molar-refractivity contribution in [1.82, 2.24) is 53.2 Å². The number of nitrogens with one attached hydrogen (secondary N) is 4. The molecule has 12 aromatic rings. The molecule has 1 unspecified atom stereocenters. The van der Waals surface area contributed by atoms with Gasteiger partial charge in [0.05, 0.1) is 95.0 Å². The maximum atomic E-state index is 13.6. The maximum absolute atomic E-state index is 13.6. The van der Waals surface area contributed by atoms with Crippen molar-refractivity contribution in [3.05, 3.63) is 257 Å². The molecule has 6 saturated heterocycles. The molecule has 652 valence electrons. The number of hydrogen-bond donors (Lipinski definition) is 7. The summed E-state index contributed by atoms with van der Waals surface area (Å²) in [4.78, 5) is 86.1. The molecule has 6 fully saturated rings. The fraction of sp³-hybridized carbons (Fsp3) is 0.326. The van der Waals surface area contributed by atoms with Gasteiger partial charge in [0.15, 0.2) is 27.2 Å². The zero-order chi connectivity index (χ0) is 88.9. The fourth-order valence-electron chi connectivity index (χ4n) is 19.0. The number of imidazole rings is 1. The number of fused-ring (bicyclic) bond motifs is 6. The molecule has 2 spiro atoms. The molecule has 7 aliphatic rings. The first-order valence-corrected chi connectivity index (χ1v) is 45.1. The largest absolute Gasteiger partial charge is 0.505 e. The van der Waals surface area contributed by atoms with Gasteiger partial charge in [0.25, 0.3) is 10.0 Å². The van der Waals surface area contributed by atoms with Crippen LogP contribution in [0.15, 0.2) is 221 Å². The number of aliphatic imine (C=N–C) groups is 1. The van der Waals surface area contributed by atoms with Crippen molar-refractivity contribution in [3.63, 3.8) is 0 Å². The van der Waals surface area contributed by atoms with Crippen molar-refractivity contribution in [3.8, 4) is 11.4 Å². The molecule has 9 N–H and O–H groups in total. The third kappa shape index (κ3) is 17.3. The second-order valence-corrected chi connectivity index (χ2v) is 38.2. The van der Waals surface area contributed by atoms with Crippen LogP contribution >= 0.6 is 0 Å². The Morgan fingerprint density at radius 1 is 0.643 bits per heavy atom. The van der Waals surface area contributed by atoms with E-state index < -0.39 is 42.6 Å². The van der Waals surface area contributed by atoms with Crippen LogP contribution in [0, 0.1) is 42.9 Å². The molecular formula is C95H102N16O13S2. The first-order valence-electron chi connectivity index (χ1n) is 42.0. The van der Waals surface area contributed by atoms with Gasteiger partial charge in [-0.15, -0.1) is 0 Å². The van der Waals surface area contributed by atoms with Crippen molar-refractivity contribution in [2.75, 3.05) is 92.1 Å². The Morgan fingerprint density at radius 3 is 2.02 bits per heavy atom. The van der Waals surface area contributed by atoms with Gasteiger partial charge in [-0.05, 0) is 183 Å². The van der Waals surface area contributed by atoms with Gasteiger partial charge in [-0.2, -0.15) is 9.40 Å². The highest BCUT2D eigenvalue weighted by atomic mass is 32.2. The number of ether oxygens (including phenoxy) is 3. The van der Waals surface area contributed by atoms with Gasteiger partial charge in [-0.1, -0.05) is 114 Å². The van der Waals surface area contributed by atoms with E-state index in [0.717, 1.165) is 91.2 Å². The number of amidine groups is 2. The van der Waals surface area contributed by atoms with E-state index in [9.17, 15) is 45.9 Å². The number of sulfonamides is 1. The highest BCUT2D eigenvalue weighted by Crippen LogP contribution is 2.55. The molecule has 4 aromatic heterocycles. The van der Waals surface area contributed by atoms with Crippen LogP contribution in [0.25, 0.3) is 60.6 Å². The number of nitrogens with two attached hydrogens (primary N) is 2. The number of H-pyrrole nitrogens is 2. The molecule has 8 aromatic carbocycles. The molecule has 0 aliphatic carbocycles. The number of benzene rings is 8. The lowest BCUT2D eigenvalue weighted by atomic mass is 9.72. The maximum Gasteiger partial charge on any atom is 0.259 e. The lowest BCUT2D eigenvalue weighted by Crippen LogP contribution is -2.65. The molecule has 29 nitrogen and oxygen atoms in total. The van der Waals surface area contributed by atoms with E-state index in [1.807, 2.05) is 146 Å². The topological polar surface area (TPSA) is 397 Å².